The lowest BCUT2D eigenvalue weighted by Gasteiger charge is -2.33. The van der Waals surface area contributed by atoms with Crippen molar-refractivity contribution in [3.8, 4) is 5.75 Å². The number of nitrogens with zero attached hydrogens (tertiary/aromatic N) is 1. The number of carbonyl (C=O) groups is 2. The van der Waals surface area contributed by atoms with E-state index in [1.807, 2.05) is 32.9 Å². The third-order valence-corrected chi connectivity index (χ3v) is 4.43. The molecule has 1 fully saturated rings. The number of phenolic OH excluding ortho intramolecular Hbond substituents is 1. The van der Waals surface area contributed by atoms with Crippen LogP contribution in [0.4, 0.5) is 4.79 Å². The molecule has 1 aliphatic heterocycles. The average molecular weight is 404 g/mol. The molecule has 0 atom stereocenters. The first-order valence-electron chi connectivity index (χ1n) is 9.75. The lowest BCUT2D eigenvalue weighted by Crippen LogP contribution is -2.42. The predicted molar refractivity (Wildman–Crippen MR) is 114 cm³/mol. The molecule has 1 saturated heterocycles. The van der Waals surface area contributed by atoms with Crippen molar-refractivity contribution in [2.24, 2.45) is 11.7 Å². The number of benzene rings is 1. The second-order valence-electron chi connectivity index (χ2n) is 8.07. The number of hydrogen-bond acceptors (Lipinski definition) is 5. The van der Waals surface area contributed by atoms with E-state index in [-0.39, 0.29) is 17.7 Å². The van der Waals surface area contributed by atoms with Crippen LogP contribution < -0.4 is 5.73 Å². The van der Waals surface area contributed by atoms with Gasteiger partial charge in [-0.25, -0.2) is 4.79 Å². The van der Waals surface area contributed by atoms with E-state index in [0.29, 0.717) is 37.4 Å². The highest BCUT2D eigenvalue weighted by Crippen LogP contribution is 2.22. The average Bonchev–Trinajstić information content (AvgIpc) is 2.63. The number of piperidine rings is 1. The Balaban J connectivity index is 0.000000308. The van der Waals surface area contributed by atoms with Crippen molar-refractivity contribution < 1.29 is 19.4 Å². The Morgan fingerprint density at radius 3 is 2.45 bits per heavy atom. The van der Waals surface area contributed by atoms with E-state index in [1.165, 1.54) is 0 Å². The highest BCUT2D eigenvalue weighted by Gasteiger charge is 2.27. The number of nitrogens with one attached hydrogen (secondary N) is 1. The smallest absolute Gasteiger partial charge is 0.410 e. The Morgan fingerprint density at radius 2 is 1.97 bits per heavy atom. The zero-order chi connectivity index (χ0) is 22.0. The lowest BCUT2D eigenvalue weighted by atomic mass is 9.93. The lowest BCUT2D eigenvalue weighted by molar-refractivity contribution is -0.119. The zero-order valence-corrected chi connectivity index (χ0v) is 17.6. The molecule has 160 valence electrons. The number of allylic oxidation sites excluding steroid dienone is 1. The molecule has 29 heavy (non-hydrogen) atoms. The Bertz CT molecular complexity index is 717. The summed E-state index contributed by atoms with van der Waals surface area (Å²) in [6, 6.07) is 5.35. The molecular formula is C22H33N3O4. The van der Waals surface area contributed by atoms with Crippen LogP contribution in [0, 0.1) is 11.3 Å². The molecule has 4 N–H and O–H groups in total. The van der Waals surface area contributed by atoms with Crippen LogP contribution in [-0.2, 0) is 16.0 Å². The molecule has 0 aromatic heterocycles. The van der Waals surface area contributed by atoms with Crippen LogP contribution in [0.25, 0.3) is 0 Å². The van der Waals surface area contributed by atoms with Crippen molar-refractivity contribution in [3.05, 3.63) is 42.0 Å². The normalized spacial score (nSPS) is 14.4. The van der Waals surface area contributed by atoms with Gasteiger partial charge in [-0.1, -0.05) is 18.2 Å². The van der Waals surface area contributed by atoms with Gasteiger partial charge in [0.1, 0.15) is 11.4 Å². The molecule has 0 spiro atoms. The van der Waals surface area contributed by atoms with Crippen LogP contribution >= 0.6 is 0 Å². The van der Waals surface area contributed by atoms with E-state index in [1.54, 1.807) is 17.0 Å². The fourth-order valence-electron chi connectivity index (χ4n) is 2.98. The summed E-state index contributed by atoms with van der Waals surface area (Å²) in [4.78, 5) is 24.2. The highest BCUT2D eigenvalue weighted by molar-refractivity contribution is 5.81. The number of hydrogen-bond donors (Lipinski definition) is 3. The maximum atomic E-state index is 11.8. The van der Waals surface area contributed by atoms with Crippen LogP contribution in [0.5, 0.6) is 5.75 Å². The van der Waals surface area contributed by atoms with Crippen LogP contribution in [0.15, 0.2) is 30.9 Å². The standard InChI is InChI=1S/C12H22N2O3.C10H11NO/c1-12(2,3)17-11(16)14-6-4-9(5-7-14)8-10(13)15;1-2-4-8-5-3-6-9(7-11)10(8)12/h9H,4-8H2,1-3H3,(H2,13,15);2-3,5-7,11-12H,1,4H2. The molecule has 2 rings (SSSR count). The van der Waals surface area contributed by atoms with Gasteiger partial charge in [0.2, 0.25) is 5.91 Å². The van der Waals surface area contributed by atoms with Gasteiger partial charge in [-0.05, 0) is 57.6 Å². The number of ether oxygens (including phenoxy) is 1. The van der Waals surface area contributed by atoms with Crippen molar-refractivity contribution in [3.63, 3.8) is 0 Å². The second kappa shape index (κ2) is 11.2. The molecule has 1 heterocycles. The van der Waals surface area contributed by atoms with Crippen LogP contribution in [-0.4, -0.2) is 46.9 Å². The number of phenols is 1. The maximum Gasteiger partial charge on any atom is 0.410 e. The number of nitrogens with two attached hydrogens (primary N) is 1. The summed E-state index contributed by atoms with van der Waals surface area (Å²) in [5, 5.41) is 16.5. The Morgan fingerprint density at radius 1 is 1.34 bits per heavy atom. The fourth-order valence-corrected chi connectivity index (χ4v) is 2.98. The Labute approximate surface area is 173 Å². The van der Waals surface area contributed by atoms with Crippen molar-refractivity contribution in [1.29, 1.82) is 5.41 Å². The molecule has 0 aliphatic carbocycles. The second-order valence-corrected chi connectivity index (χ2v) is 8.07. The summed E-state index contributed by atoms with van der Waals surface area (Å²) in [6.45, 7) is 10.4. The molecular weight excluding hydrogens is 370 g/mol. The molecule has 1 aliphatic rings. The number of para-hydroxylation sites is 1. The van der Waals surface area contributed by atoms with Gasteiger partial charge in [-0.3, -0.25) is 4.79 Å². The molecule has 0 bridgehead atoms. The Hall–Kier alpha value is -2.83. The topological polar surface area (TPSA) is 117 Å². The molecule has 7 nitrogen and oxygen atoms in total. The van der Waals surface area contributed by atoms with E-state index in [9.17, 15) is 14.7 Å². The molecule has 1 aromatic rings. The minimum absolute atomic E-state index is 0.187. The van der Waals surface area contributed by atoms with Gasteiger partial charge in [-0.15, -0.1) is 6.58 Å². The number of carbonyl (C=O) groups excluding carboxylic acids is 2. The summed E-state index contributed by atoms with van der Waals surface area (Å²) >= 11 is 0. The monoisotopic (exact) mass is 403 g/mol. The fraction of sp³-hybridized carbons (Fsp3) is 0.500. The van der Waals surface area contributed by atoms with Crippen molar-refractivity contribution in [1.82, 2.24) is 4.90 Å². The number of aromatic hydroxyl groups is 1. The number of amides is 2. The minimum atomic E-state index is -0.457. The third-order valence-electron chi connectivity index (χ3n) is 4.43. The zero-order valence-electron chi connectivity index (χ0n) is 17.6. The highest BCUT2D eigenvalue weighted by atomic mass is 16.6. The van der Waals surface area contributed by atoms with Crippen LogP contribution in [0.3, 0.4) is 0 Å². The first kappa shape index (κ1) is 24.2. The molecule has 1 aromatic carbocycles. The van der Waals surface area contributed by atoms with Gasteiger partial charge in [0.05, 0.1) is 0 Å². The van der Waals surface area contributed by atoms with Gasteiger partial charge in [0, 0.05) is 31.3 Å². The van der Waals surface area contributed by atoms with Crippen LogP contribution in [0.1, 0.15) is 51.2 Å². The first-order chi connectivity index (χ1) is 13.6. The summed E-state index contributed by atoms with van der Waals surface area (Å²) in [5.41, 5.74) is 6.06. The van der Waals surface area contributed by atoms with Crippen LogP contribution in [0.2, 0.25) is 0 Å². The largest absolute Gasteiger partial charge is 0.507 e. The van der Waals surface area contributed by atoms with Crippen molar-refractivity contribution in [2.75, 3.05) is 13.1 Å². The Kier molecular flexibility index (Phi) is 9.38. The van der Waals surface area contributed by atoms with E-state index in [4.69, 9.17) is 15.9 Å². The minimum Gasteiger partial charge on any atom is -0.507 e. The van der Waals surface area contributed by atoms with Crippen molar-refractivity contribution in [2.45, 2.75) is 52.1 Å². The molecule has 0 saturated carbocycles. The quantitative estimate of drug-likeness (QED) is 0.514. The summed E-state index contributed by atoms with van der Waals surface area (Å²) < 4.78 is 5.29. The van der Waals surface area contributed by atoms with Gasteiger partial charge >= 0.3 is 6.09 Å². The van der Waals surface area contributed by atoms with E-state index in [0.717, 1.165) is 24.6 Å². The number of rotatable bonds is 5. The van der Waals surface area contributed by atoms with Crippen molar-refractivity contribution >= 4 is 18.2 Å². The van der Waals surface area contributed by atoms with Gasteiger partial charge in [0.25, 0.3) is 0 Å². The summed E-state index contributed by atoms with van der Waals surface area (Å²) in [5.74, 6) is 0.235. The van der Waals surface area contributed by atoms with E-state index >= 15 is 0 Å². The number of primary amides is 1. The number of likely N-dealkylation sites (tertiary alicyclic amines) is 1. The van der Waals surface area contributed by atoms with Gasteiger partial charge in [0.15, 0.2) is 0 Å². The summed E-state index contributed by atoms with van der Waals surface area (Å²) in [7, 11) is 0. The molecule has 2 amide bonds. The molecule has 0 unspecified atom stereocenters. The molecule has 7 heteroatoms. The SMILES string of the molecule is C=CCc1cccc(C=N)c1O.CC(C)(C)OC(=O)N1CCC(CC(N)=O)CC1. The molecule has 0 radical (unpaired) electrons. The third kappa shape index (κ3) is 8.81. The first-order valence-corrected chi connectivity index (χ1v) is 9.75. The van der Waals surface area contributed by atoms with Gasteiger partial charge in [-0.2, -0.15) is 0 Å². The van der Waals surface area contributed by atoms with Gasteiger partial charge < -0.3 is 25.9 Å². The maximum absolute atomic E-state index is 11.8. The summed E-state index contributed by atoms with van der Waals surface area (Å²) in [6.07, 6.45) is 5.29. The van der Waals surface area contributed by atoms with E-state index < -0.39 is 5.60 Å². The predicted octanol–water partition coefficient (Wildman–Crippen LogP) is 3.63. The van der Waals surface area contributed by atoms with E-state index in [2.05, 4.69) is 6.58 Å².